The van der Waals surface area contributed by atoms with Gasteiger partial charge in [-0.3, -0.25) is 4.57 Å². The van der Waals surface area contributed by atoms with Crippen molar-refractivity contribution in [3.63, 3.8) is 0 Å². The van der Waals surface area contributed by atoms with Crippen molar-refractivity contribution < 1.29 is 44.1 Å². The van der Waals surface area contributed by atoms with Gasteiger partial charge in [-0.1, -0.05) is 175 Å². The molecular weight excluding hydrogens is 1060 g/mol. The number of nitrogens with zero attached hydrogens (tertiary/aromatic N) is 4. The molecule has 0 spiro atoms. The monoisotopic (exact) mass is 1130 g/mol. The van der Waals surface area contributed by atoms with E-state index < -0.39 is 60.4 Å². The Hall–Kier alpha value is -7.33. The van der Waals surface area contributed by atoms with Crippen LogP contribution in [-0.2, 0) is 37.3 Å². The molecule has 0 atom stereocenters. The summed E-state index contributed by atoms with van der Waals surface area (Å²) in [7, 11) is 0. The Morgan fingerprint density at radius 3 is 1.97 bits per heavy atom. The fourth-order valence-electron chi connectivity index (χ4n) is 10.3. The molecule has 72 heavy (non-hydrogen) atoms. The van der Waals surface area contributed by atoms with Gasteiger partial charge in [-0.15, -0.1) is 29.7 Å². The number of rotatable bonds is 8. The van der Waals surface area contributed by atoms with E-state index in [0.29, 0.717) is 33.8 Å². The maximum Gasteiger partial charge on any atom is 0.268 e. The van der Waals surface area contributed by atoms with Gasteiger partial charge in [0.25, 0.3) is 6.33 Å². The number of para-hydroxylation sites is 3. The maximum absolute atomic E-state index is 9.48. The first-order valence-electron chi connectivity index (χ1n) is 29.0. The number of aromatic nitrogens is 4. The summed E-state index contributed by atoms with van der Waals surface area (Å²) >= 11 is 0. The number of fused-ring (bicyclic) bond motifs is 5. The van der Waals surface area contributed by atoms with Crippen LogP contribution in [0.1, 0.15) is 91.7 Å². The summed E-state index contributed by atoms with van der Waals surface area (Å²) in [5.74, 6) is 1.54. The zero-order valence-corrected chi connectivity index (χ0v) is 43.3. The largest absolute Gasteiger partial charge is 0.510 e. The first kappa shape index (κ1) is 36.6. The Balaban J connectivity index is 0.00000705. The van der Waals surface area contributed by atoms with Gasteiger partial charge in [0.1, 0.15) is 5.82 Å². The first-order valence-corrected chi connectivity index (χ1v) is 24.0. The van der Waals surface area contributed by atoms with Gasteiger partial charge in [0, 0.05) is 44.3 Å². The summed E-state index contributed by atoms with van der Waals surface area (Å²) in [6, 6.07) is 40.6. The zero-order chi connectivity index (χ0) is 57.4. The fraction of sp³-hybridized carbons (Fsp3) is 0.182. The van der Waals surface area contributed by atoms with Crippen LogP contribution >= 0.6 is 0 Å². The van der Waals surface area contributed by atoms with E-state index >= 15 is 0 Å². The van der Waals surface area contributed by atoms with Crippen molar-refractivity contribution in [1.29, 1.82) is 0 Å². The van der Waals surface area contributed by atoms with Gasteiger partial charge >= 0.3 is 0 Å². The molecule has 0 fully saturated rings. The molecule has 3 heterocycles. The van der Waals surface area contributed by atoms with Gasteiger partial charge in [-0.25, -0.2) is 4.98 Å². The van der Waals surface area contributed by atoms with Crippen LogP contribution in [0.4, 0.5) is 0 Å². The molecule has 0 unspecified atom stereocenters. The average Bonchev–Trinajstić information content (AvgIpc) is 3.97. The molecule has 5 nitrogen and oxygen atoms in total. The molecule has 0 amide bonds. The van der Waals surface area contributed by atoms with Crippen LogP contribution in [-0.4, -0.2) is 14.1 Å². The maximum atomic E-state index is 9.48. The Morgan fingerprint density at radius 1 is 0.611 bits per heavy atom. The molecule has 1 aliphatic rings. The van der Waals surface area contributed by atoms with Crippen LogP contribution in [0, 0.1) is 18.5 Å². The molecule has 3 aromatic heterocycles. The Morgan fingerprint density at radius 2 is 1.26 bits per heavy atom. The van der Waals surface area contributed by atoms with E-state index in [2.05, 4.69) is 102 Å². The smallest absolute Gasteiger partial charge is 0.268 e. The first-order chi connectivity index (χ1) is 38.4. The molecule has 0 aliphatic heterocycles. The summed E-state index contributed by atoms with van der Waals surface area (Å²) in [6.07, 6.45) is 7.28. The van der Waals surface area contributed by atoms with Crippen LogP contribution in [0.3, 0.4) is 0 Å². The molecular formula is C66H56N4OPt-2. The van der Waals surface area contributed by atoms with Crippen LogP contribution in [0.25, 0.3) is 83.4 Å². The van der Waals surface area contributed by atoms with Crippen LogP contribution in [0.2, 0.25) is 0 Å². The van der Waals surface area contributed by atoms with E-state index in [1.54, 1.807) is 27.3 Å². The van der Waals surface area contributed by atoms with E-state index in [4.69, 9.17) is 17.9 Å². The van der Waals surface area contributed by atoms with Crippen molar-refractivity contribution in [2.24, 2.45) is 0 Å². The molecule has 6 heteroatoms. The van der Waals surface area contributed by atoms with Crippen molar-refractivity contribution in [2.75, 3.05) is 0 Å². The molecule has 1 aliphatic carbocycles. The molecule has 0 bridgehead atoms. The topological polar surface area (TPSA) is 35.9 Å². The number of benzene rings is 8. The predicted molar refractivity (Wildman–Crippen MR) is 290 cm³/mol. The summed E-state index contributed by atoms with van der Waals surface area (Å²) in [6.45, 7) is 15.4. The molecule has 0 radical (unpaired) electrons. The van der Waals surface area contributed by atoms with Crippen molar-refractivity contribution in [3.8, 4) is 62.1 Å². The minimum atomic E-state index is -0.576. The third-order valence-corrected chi connectivity index (χ3v) is 14.2. The van der Waals surface area contributed by atoms with Crippen LogP contribution in [0.5, 0.6) is 11.5 Å². The Labute approximate surface area is 451 Å². The molecule has 358 valence electrons. The number of imidazole rings is 1. The second-order valence-corrected chi connectivity index (χ2v) is 20.8. The minimum Gasteiger partial charge on any atom is -0.510 e. The quantitative estimate of drug-likeness (QED) is 0.112. The predicted octanol–water partition coefficient (Wildman–Crippen LogP) is 16.2. The number of hydrogen-bond donors (Lipinski definition) is 0. The zero-order valence-electron chi connectivity index (χ0n) is 51.1. The number of pyridine rings is 1. The van der Waals surface area contributed by atoms with E-state index in [1.165, 1.54) is 5.56 Å². The van der Waals surface area contributed by atoms with Crippen molar-refractivity contribution in [2.45, 2.75) is 77.6 Å². The number of hydrogen-bond acceptors (Lipinski definition) is 2. The van der Waals surface area contributed by atoms with E-state index in [1.807, 2.05) is 79.0 Å². The molecule has 8 aromatic carbocycles. The number of ether oxygens (including phenoxy) is 1. The van der Waals surface area contributed by atoms with Crippen molar-refractivity contribution in [1.82, 2.24) is 14.1 Å². The molecule has 0 saturated heterocycles. The molecule has 0 saturated carbocycles. The van der Waals surface area contributed by atoms with Crippen molar-refractivity contribution in [3.05, 3.63) is 223 Å². The molecule has 11 aromatic rings. The second-order valence-electron chi connectivity index (χ2n) is 20.8. The van der Waals surface area contributed by atoms with E-state index in [-0.39, 0.29) is 65.3 Å². The average molecular weight is 1130 g/mol. The summed E-state index contributed by atoms with van der Waals surface area (Å²) in [5, 5.41) is 2.02. The van der Waals surface area contributed by atoms with Gasteiger partial charge in [0.05, 0.1) is 30.4 Å². The van der Waals surface area contributed by atoms with E-state index in [0.717, 1.165) is 57.2 Å². The van der Waals surface area contributed by atoms with E-state index in [9.17, 15) is 5.48 Å². The normalized spacial score (nSPS) is 16.0. The van der Waals surface area contributed by atoms with Gasteiger partial charge in [0.15, 0.2) is 0 Å². The molecule has 12 rings (SSSR count). The van der Waals surface area contributed by atoms with Gasteiger partial charge < -0.3 is 13.9 Å². The summed E-state index contributed by atoms with van der Waals surface area (Å²) in [4.78, 5) is 4.83. The summed E-state index contributed by atoms with van der Waals surface area (Å²) < 4.78 is 103. The standard InChI is InChI=1S/C66H56N4O.Pt/c1-64(2,3)48-33-36-67-62(40-48)70-58-26-15-14-25-52(58)53-31-30-51(42-61(53)70)71-50-24-18-23-49(41-50)68-43-69(60-28-17-16-27-59(60)68)63-54(44-19-10-8-11-20-44)37-47(38-55(63)45-21-12-9-13-22-45)46-29-32-56-57(39-46)66(6,7)35-34-65(56,4)5;/h8-33,36-40H,34-35H2,1-7H3;/q-2;/i8D,9D,10D,11D,12D,13D,19D,20D,21D,22D;. The molecule has 0 N–H and O–H groups in total. The van der Waals surface area contributed by atoms with Gasteiger partial charge in [0.2, 0.25) is 0 Å². The Kier molecular flexibility index (Phi) is 9.17. The van der Waals surface area contributed by atoms with Crippen molar-refractivity contribution >= 4 is 32.8 Å². The third kappa shape index (κ3) is 8.28. The third-order valence-electron chi connectivity index (χ3n) is 14.2. The van der Waals surface area contributed by atoms with Gasteiger partial charge in [-0.05, 0) is 121 Å². The fourth-order valence-corrected chi connectivity index (χ4v) is 10.3. The second kappa shape index (κ2) is 18.1. The Bertz CT molecular complexity index is 4310. The van der Waals surface area contributed by atoms with Crippen LogP contribution < -0.4 is 9.30 Å². The SMILES string of the molecule is [2H]c1c([2H])c([2H])c(-c2cc(-c3ccc4c(c3)C(C)(C)CCC4(C)C)cc(-c3c([2H])c([2H])c([2H])c([2H])c3[2H])c2-[n+]2[c-]n(-c3[c-]c(Oc4[c-]c5c(cc4)c4ccccc4n5-c4cc(C(C)(C)C)ccn4)ccc3)c3ccccc32)c([2H])c1[2H].[Pt]. The minimum absolute atomic E-state index is 0. The van der Waals surface area contributed by atoms with Gasteiger partial charge in [-0.2, -0.15) is 18.2 Å². The summed E-state index contributed by atoms with van der Waals surface area (Å²) in [5.41, 5.74) is 7.90. The van der Waals surface area contributed by atoms with Crippen LogP contribution in [0.15, 0.2) is 188 Å².